The highest BCUT2D eigenvalue weighted by Gasteiger charge is 2.12. The Morgan fingerprint density at radius 2 is 2.08 bits per heavy atom. The first kappa shape index (κ1) is 15.7. The molecule has 1 amide bonds. The van der Waals surface area contributed by atoms with Crippen molar-refractivity contribution in [2.75, 3.05) is 5.32 Å². The van der Waals surface area contributed by atoms with Crippen LogP contribution in [0.5, 0.6) is 0 Å². The summed E-state index contributed by atoms with van der Waals surface area (Å²) >= 11 is 0. The van der Waals surface area contributed by atoms with Gasteiger partial charge in [-0.25, -0.2) is 9.78 Å². The van der Waals surface area contributed by atoms with Crippen LogP contribution in [0.3, 0.4) is 0 Å². The molecule has 0 atom stereocenters. The highest BCUT2D eigenvalue weighted by Crippen LogP contribution is 2.14. The van der Waals surface area contributed by atoms with Crippen LogP contribution in [0, 0.1) is 6.92 Å². The molecule has 0 aliphatic rings. The number of carbonyl (C=O) groups is 1. The number of anilines is 1. The summed E-state index contributed by atoms with van der Waals surface area (Å²) < 4.78 is 1.11. The fraction of sp³-hybridized carbons (Fsp3) is 0.176. The van der Waals surface area contributed by atoms with Crippen LogP contribution in [-0.4, -0.2) is 20.4 Å². The van der Waals surface area contributed by atoms with Gasteiger partial charge in [-0.05, 0) is 43.7 Å². The number of aromatic amines is 1. The third kappa shape index (κ3) is 2.71. The van der Waals surface area contributed by atoms with E-state index >= 15 is 0 Å². The molecule has 0 saturated carbocycles. The van der Waals surface area contributed by atoms with Gasteiger partial charge in [0.25, 0.3) is 11.5 Å². The molecule has 0 saturated heterocycles. The minimum Gasteiger partial charge on any atom is -0.307 e. The maximum atomic E-state index is 12.4. The number of fused-ring (bicyclic) bond motifs is 1. The number of nitrogens with one attached hydrogen (secondary N) is 2. The number of amides is 1. The molecule has 7 nitrogen and oxygen atoms in total. The van der Waals surface area contributed by atoms with Crippen LogP contribution >= 0.6 is 0 Å². The van der Waals surface area contributed by atoms with Crippen molar-refractivity contribution in [1.29, 1.82) is 0 Å². The van der Waals surface area contributed by atoms with Crippen LogP contribution in [0.4, 0.5) is 5.82 Å². The second kappa shape index (κ2) is 6.11. The highest BCUT2D eigenvalue weighted by atomic mass is 16.2. The van der Waals surface area contributed by atoms with E-state index in [-0.39, 0.29) is 18.0 Å². The number of pyridine rings is 1. The van der Waals surface area contributed by atoms with E-state index in [1.807, 2.05) is 13.0 Å². The number of carbonyl (C=O) groups excluding carboxylic acids is 1. The number of aromatic nitrogens is 3. The molecule has 0 unspecified atom stereocenters. The third-order valence-corrected chi connectivity index (χ3v) is 3.80. The number of aryl methyl sites for hydroxylation is 1. The minimum absolute atomic E-state index is 0.283. The molecule has 3 aromatic rings. The summed E-state index contributed by atoms with van der Waals surface area (Å²) in [5, 5.41) is 3.08. The zero-order valence-electron chi connectivity index (χ0n) is 13.3. The number of nitrogens with zero attached hydrogens (tertiary/aromatic N) is 2. The molecule has 2 heterocycles. The third-order valence-electron chi connectivity index (χ3n) is 3.80. The first-order valence-electron chi connectivity index (χ1n) is 7.51. The lowest BCUT2D eigenvalue weighted by Crippen LogP contribution is -2.34. The Labute approximate surface area is 137 Å². The SMILES string of the molecule is CCn1c(=O)[nH]c2cc(C(=O)Nc3ncccc3C)ccc2c1=O. The predicted molar refractivity (Wildman–Crippen MR) is 91.4 cm³/mol. The second-order valence-electron chi connectivity index (χ2n) is 5.36. The molecule has 24 heavy (non-hydrogen) atoms. The van der Waals surface area contributed by atoms with Gasteiger partial charge in [0, 0.05) is 18.3 Å². The van der Waals surface area contributed by atoms with Gasteiger partial charge in [0.2, 0.25) is 0 Å². The van der Waals surface area contributed by atoms with Crippen molar-refractivity contribution in [3.05, 3.63) is 68.5 Å². The lowest BCUT2D eigenvalue weighted by atomic mass is 10.1. The summed E-state index contributed by atoms with van der Waals surface area (Å²) in [6.07, 6.45) is 1.59. The molecule has 0 fully saturated rings. The van der Waals surface area contributed by atoms with Crippen LogP contribution in [0.25, 0.3) is 10.9 Å². The Balaban J connectivity index is 2.02. The van der Waals surface area contributed by atoms with Crippen molar-refractivity contribution in [3.8, 4) is 0 Å². The standard InChI is InChI=1S/C17H16N4O3/c1-3-21-16(23)12-7-6-11(9-13(12)19-17(21)24)15(22)20-14-10(2)5-4-8-18-14/h4-9H,3H2,1-2H3,(H,19,24)(H,18,20,22). The number of H-pyrrole nitrogens is 1. The molecular formula is C17H16N4O3. The highest BCUT2D eigenvalue weighted by molar-refractivity contribution is 6.05. The van der Waals surface area contributed by atoms with E-state index in [1.54, 1.807) is 31.3 Å². The molecule has 0 radical (unpaired) electrons. The average molecular weight is 324 g/mol. The Kier molecular flexibility index (Phi) is 3.99. The molecule has 0 aliphatic carbocycles. The van der Waals surface area contributed by atoms with Gasteiger partial charge in [-0.2, -0.15) is 0 Å². The molecule has 7 heteroatoms. The maximum absolute atomic E-state index is 12.4. The van der Waals surface area contributed by atoms with Crippen molar-refractivity contribution in [2.45, 2.75) is 20.4 Å². The van der Waals surface area contributed by atoms with Gasteiger partial charge in [-0.1, -0.05) is 6.07 Å². The van der Waals surface area contributed by atoms with E-state index in [1.165, 1.54) is 6.07 Å². The van der Waals surface area contributed by atoms with E-state index in [0.29, 0.717) is 22.3 Å². The summed E-state index contributed by atoms with van der Waals surface area (Å²) in [7, 11) is 0. The lowest BCUT2D eigenvalue weighted by Gasteiger charge is -2.08. The normalized spacial score (nSPS) is 10.8. The predicted octanol–water partition coefficient (Wildman–Crippen LogP) is 1.67. The van der Waals surface area contributed by atoms with E-state index in [2.05, 4.69) is 15.3 Å². The first-order valence-corrected chi connectivity index (χ1v) is 7.51. The summed E-state index contributed by atoms with van der Waals surface area (Å²) in [6.45, 7) is 3.85. The van der Waals surface area contributed by atoms with Crippen molar-refractivity contribution in [3.63, 3.8) is 0 Å². The number of hydrogen-bond donors (Lipinski definition) is 2. The van der Waals surface area contributed by atoms with Crippen molar-refractivity contribution < 1.29 is 4.79 Å². The van der Waals surface area contributed by atoms with Gasteiger partial charge in [-0.3, -0.25) is 14.2 Å². The van der Waals surface area contributed by atoms with Gasteiger partial charge in [0.05, 0.1) is 10.9 Å². The Morgan fingerprint density at radius 1 is 1.29 bits per heavy atom. The second-order valence-corrected chi connectivity index (χ2v) is 5.36. The minimum atomic E-state index is -0.492. The van der Waals surface area contributed by atoms with Gasteiger partial charge in [0.1, 0.15) is 5.82 Å². The van der Waals surface area contributed by atoms with Crippen LogP contribution in [0.1, 0.15) is 22.8 Å². The molecule has 2 aromatic heterocycles. The van der Waals surface area contributed by atoms with Crippen LogP contribution < -0.4 is 16.6 Å². The zero-order chi connectivity index (χ0) is 17.3. The van der Waals surface area contributed by atoms with Gasteiger partial charge in [-0.15, -0.1) is 0 Å². The number of rotatable bonds is 3. The van der Waals surface area contributed by atoms with Crippen LogP contribution in [-0.2, 0) is 6.54 Å². The molecular weight excluding hydrogens is 308 g/mol. The summed E-state index contributed by atoms with van der Waals surface area (Å²) in [5.41, 5.74) is 0.639. The lowest BCUT2D eigenvalue weighted by molar-refractivity contribution is 0.102. The van der Waals surface area contributed by atoms with Crippen LogP contribution in [0.15, 0.2) is 46.1 Å². The fourth-order valence-electron chi connectivity index (χ4n) is 2.48. The fourth-order valence-corrected chi connectivity index (χ4v) is 2.48. The Morgan fingerprint density at radius 3 is 2.79 bits per heavy atom. The van der Waals surface area contributed by atoms with E-state index in [0.717, 1.165) is 10.1 Å². The number of benzene rings is 1. The zero-order valence-corrected chi connectivity index (χ0v) is 13.3. The van der Waals surface area contributed by atoms with E-state index < -0.39 is 5.69 Å². The van der Waals surface area contributed by atoms with E-state index in [4.69, 9.17) is 0 Å². The molecule has 0 aliphatic heterocycles. The largest absolute Gasteiger partial charge is 0.328 e. The monoisotopic (exact) mass is 324 g/mol. The molecule has 1 aromatic carbocycles. The summed E-state index contributed by atoms with van der Waals surface area (Å²) in [5.74, 6) is 0.108. The van der Waals surface area contributed by atoms with Gasteiger partial charge >= 0.3 is 5.69 Å². The average Bonchev–Trinajstić information content (AvgIpc) is 2.56. The quantitative estimate of drug-likeness (QED) is 0.766. The van der Waals surface area contributed by atoms with Crippen LogP contribution in [0.2, 0.25) is 0 Å². The molecule has 0 spiro atoms. The van der Waals surface area contributed by atoms with Gasteiger partial charge in [0.15, 0.2) is 0 Å². The van der Waals surface area contributed by atoms with E-state index in [9.17, 15) is 14.4 Å². The molecule has 2 N–H and O–H groups in total. The summed E-state index contributed by atoms with van der Waals surface area (Å²) in [4.78, 5) is 43.3. The molecule has 3 rings (SSSR count). The molecule has 0 bridgehead atoms. The van der Waals surface area contributed by atoms with Crippen molar-refractivity contribution in [1.82, 2.24) is 14.5 Å². The Bertz CT molecular complexity index is 1050. The van der Waals surface area contributed by atoms with Crippen molar-refractivity contribution in [2.24, 2.45) is 0 Å². The topological polar surface area (TPSA) is 96.8 Å². The molecule has 122 valence electrons. The van der Waals surface area contributed by atoms with Crippen molar-refractivity contribution >= 4 is 22.6 Å². The smallest absolute Gasteiger partial charge is 0.307 e. The summed E-state index contributed by atoms with van der Waals surface area (Å²) in [6, 6.07) is 8.21. The number of hydrogen-bond acceptors (Lipinski definition) is 4. The maximum Gasteiger partial charge on any atom is 0.328 e. The van der Waals surface area contributed by atoms with Gasteiger partial charge < -0.3 is 10.3 Å². The Hall–Kier alpha value is -3.22. The first-order chi connectivity index (χ1) is 11.5.